The smallest absolute Gasteiger partial charge is 0.462 e. The number of ether oxygens (including phenoxy) is 2. The van der Waals surface area contributed by atoms with Crippen LogP contribution in [0.5, 0.6) is 0 Å². The molecule has 0 amide bonds. The van der Waals surface area contributed by atoms with Gasteiger partial charge in [0.15, 0.2) is 6.10 Å². The fourth-order valence-electron chi connectivity index (χ4n) is 6.82. The molecule has 0 spiro atoms. The Hall–Kier alpha value is -2.07. The molecule has 10 nitrogen and oxygen atoms in total. The summed E-state index contributed by atoms with van der Waals surface area (Å²) in [4.78, 5) is 35.2. The van der Waals surface area contributed by atoms with Gasteiger partial charge in [0.05, 0.1) is 19.8 Å². The van der Waals surface area contributed by atoms with E-state index in [0.717, 1.165) is 64.2 Å². The van der Waals surface area contributed by atoms with Gasteiger partial charge in [-0.25, -0.2) is 4.57 Å². The molecule has 0 saturated carbocycles. The van der Waals surface area contributed by atoms with E-state index < -0.39 is 51.8 Å². The highest BCUT2D eigenvalue weighted by Gasteiger charge is 2.27. The average molecular weight is 897 g/mol. The van der Waals surface area contributed by atoms with Crippen LogP contribution < -0.4 is 0 Å². The Labute approximate surface area is 379 Å². The molecule has 0 radical (unpaired) electrons. The summed E-state index contributed by atoms with van der Waals surface area (Å²) < 4.78 is 32.8. The monoisotopic (exact) mass is 897 g/mol. The molecule has 62 heavy (non-hydrogen) atoms. The lowest BCUT2D eigenvalue weighted by Gasteiger charge is -2.20. The second-order valence-corrected chi connectivity index (χ2v) is 18.3. The minimum atomic E-state index is -4.63. The third-order valence-corrected chi connectivity index (χ3v) is 11.7. The maximum Gasteiger partial charge on any atom is 0.472 e. The molecule has 0 rings (SSSR count). The van der Waals surface area contributed by atoms with Gasteiger partial charge in [0, 0.05) is 12.8 Å². The largest absolute Gasteiger partial charge is 0.472 e. The van der Waals surface area contributed by atoms with E-state index in [0.29, 0.717) is 12.8 Å². The zero-order valence-electron chi connectivity index (χ0n) is 39.6. The van der Waals surface area contributed by atoms with Crippen molar-refractivity contribution in [2.24, 2.45) is 0 Å². The van der Waals surface area contributed by atoms with E-state index in [1.54, 1.807) is 0 Å². The molecule has 0 bridgehead atoms. The van der Waals surface area contributed by atoms with Crippen LogP contribution in [0.3, 0.4) is 0 Å². The van der Waals surface area contributed by atoms with E-state index >= 15 is 0 Å². The van der Waals surface area contributed by atoms with Gasteiger partial charge in [-0.2, -0.15) is 0 Å². The second kappa shape index (κ2) is 46.9. The van der Waals surface area contributed by atoms with Crippen LogP contribution in [0.4, 0.5) is 0 Å². The number of carbonyl (C=O) groups excluding carboxylic acids is 2. The molecular weight excluding hydrogens is 804 g/mol. The molecule has 3 atom stereocenters. The van der Waals surface area contributed by atoms with Gasteiger partial charge >= 0.3 is 19.8 Å². The van der Waals surface area contributed by atoms with Crippen molar-refractivity contribution < 1.29 is 47.8 Å². The topological polar surface area (TPSA) is 149 Å². The van der Waals surface area contributed by atoms with E-state index in [1.807, 2.05) is 0 Å². The van der Waals surface area contributed by atoms with Gasteiger partial charge in [-0.1, -0.05) is 184 Å². The summed E-state index contributed by atoms with van der Waals surface area (Å²) >= 11 is 0. The summed E-state index contributed by atoms with van der Waals surface area (Å²) in [6, 6.07) is 0. The van der Waals surface area contributed by atoms with Gasteiger partial charge in [-0.15, -0.1) is 0 Å². The number of allylic oxidation sites excluding steroid dienone is 8. The van der Waals surface area contributed by atoms with Crippen molar-refractivity contribution in [2.45, 2.75) is 238 Å². The normalized spacial score (nSPS) is 14.1. The molecule has 0 saturated heterocycles. The molecule has 0 aromatic heterocycles. The first-order chi connectivity index (χ1) is 30.2. The summed E-state index contributed by atoms with van der Waals surface area (Å²) in [5, 5.41) is 18.4. The fourth-order valence-corrected chi connectivity index (χ4v) is 7.61. The van der Waals surface area contributed by atoms with Crippen LogP contribution in [0.1, 0.15) is 226 Å². The lowest BCUT2D eigenvalue weighted by Crippen LogP contribution is -2.29. The standard InChI is InChI=1S/C51H93O10P/c1-3-5-7-9-11-13-15-17-19-21-23-24-25-27-29-31-33-35-37-39-41-43-51(55)61-49(47-60-62(56,57)59-45-48(53)44-52)46-58-50(54)42-40-38-36-34-32-30-28-26-22-20-18-16-14-12-10-8-6-4-2/h14-17,20-23,48-49,52-53H,3-13,18-19,24-47H2,1-2H3,(H,56,57)/b16-14-,17-15-,22-20-,23-21-. The molecule has 0 fully saturated rings. The van der Waals surface area contributed by atoms with Crippen molar-refractivity contribution in [1.82, 2.24) is 0 Å². The van der Waals surface area contributed by atoms with Crippen LogP contribution in [0.2, 0.25) is 0 Å². The van der Waals surface area contributed by atoms with Crippen molar-refractivity contribution in [3.63, 3.8) is 0 Å². The number of unbranched alkanes of at least 4 members (excludes halogenated alkanes) is 25. The predicted molar refractivity (Wildman–Crippen MR) is 256 cm³/mol. The highest BCUT2D eigenvalue weighted by Crippen LogP contribution is 2.43. The third kappa shape index (κ3) is 45.9. The fraction of sp³-hybridized carbons (Fsp3) is 0.804. The summed E-state index contributed by atoms with van der Waals surface area (Å²) in [5.74, 6) is -0.934. The Kier molecular flexibility index (Phi) is 45.3. The number of phosphoric ester groups is 1. The molecule has 362 valence electrons. The number of esters is 2. The predicted octanol–water partition coefficient (Wildman–Crippen LogP) is 14.1. The lowest BCUT2D eigenvalue weighted by molar-refractivity contribution is -0.161. The number of hydrogen-bond acceptors (Lipinski definition) is 9. The van der Waals surface area contributed by atoms with E-state index in [2.05, 4.69) is 62.5 Å². The molecule has 0 aliphatic heterocycles. The zero-order chi connectivity index (χ0) is 45.5. The van der Waals surface area contributed by atoms with Gasteiger partial charge in [0.2, 0.25) is 0 Å². The molecule has 0 heterocycles. The number of aliphatic hydroxyl groups excluding tert-OH is 2. The van der Waals surface area contributed by atoms with Crippen molar-refractivity contribution >= 4 is 19.8 Å². The maximum atomic E-state index is 12.7. The minimum Gasteiger partial charge on any atom is -0.462 e. The second-order valence-electron chi connectivity index (χ2n) is 16.8. The van der Waals surface area contributed by atoms with Crippen LogP contribution in [-0.2, 0) is 32.7 Å². The lowest BCUT2D eigenvalue weighted by atomic mass is 10.1. The summed E-state index contributed by atoms with van der Waals surface area (Å²) in [5.41, 5.74) is 0. The molecule has 0 aromatic carbocycles. The van der Waals surface area contributed by atoms with Crippen LogP contribution in [-0.4, -0.2) is 65.7 Å². The van der Waals surface area contributed by atoms with Gasteiger partial charge in [0.25, 0.3) is 0 Å². The van der Waals surface area contributed by atoms with Gasteiger partial charge in [0.1, 0.15) is 12.7 Å². The van der Waals surface area contributed by atoms with Crippen LogP contribution in [0.25, 0.3) is 0 Å². The number of carbonyl (C=O) groups is 2. The number of aliphatic hydroxyl groups is 2. The van der Waals surface area contributed by atoms with Crippen LogP contribution >= 0.6 is 7.82 Å². The van der Waals surface area contributed by atoms with E-state index in [-0.39, 0.29) is 19.4 Å². The molecule has 0 aliphatic rings. The highest BCUT2D eigenvalue weighted by molar-refractivity contribution is 7.47. The Bertz CT molecular complexity index is 1170. The van der Waals surface area contributed by atoms with Crippen LogP contribution in [0, 0.1) is 0 Å². The Balaban J connectivity index is 4.22. The first-order valence-electron chi connectivity index (χ1n) is 25.1. The van der Waals surface area contributed by atoms with Crippen LogP contribution in [0.15, 0.2) is 48.6 Å². The maximum absolute atomic E-state index is 12.7. The van der Waals surface area contributed by atoms with Crippen molar-refractivity contribution in [3.05, 3.63) is 48.6 Å². The summed E-state index contributed by atoms with van der Waals surface area (Å²) in [7, 11) is -4.63. The number of hydrogen-bond donors (Lipinski definition) is 3. The Morgan fingerprint density at radius 3 is 1.26 bits per heavy atom. The van der Waals surface area contributed by atoms with Crippen molar-refractivity contribution in [2.75, 3.05) is 26.4 Å². The van der Waals surface area contributed by atoms with E-state index in [1.165, 1.54) is 122 Å². The highest BCUT2D eigenvalue weighted by atomic mass is 31.2. The van der Waals surface area contributed by atoms with Gasteiger partial charge < -0.3 is 24.6 Å². The minimum absolute atomic E-state index is 0.177. The number of rotatable bonds is 47. The first-order valence-corrected chi connectivity index (χ1v) is 26.6. The molecule has 0 aliphatic carbocycles. The van der Waals surface area contributed by atoms with Gasteiger partial charge in [-0.05, 0) is 77.0 Å². The molecular formula is C51H93O10P. The quantitative estimate of drug-likeness (QED) is 0.0233. The molecule has 0 aromatic rings. The van der Waals surface area contributed by atoms with E-state index in [4.69, 9.17) is 23.6 Å². The zero-order valence-corrected chi connectivity index (χ0v) is 40.5. The SMILES string of the molecule is CCCCCC/C=C\C/C=C\CCCCCCCCCC(=O)OCC(COP(=O)(O)OCC(O)CO)OC(=O)CCCCCCCCCCC/C=C\C/C=C\CCCCCCC. The first kappa shape index (κ1) is 59.9. The third-order valence-electron chi connectivity index (χ3n) is 10.7. The molecule has 3 N–H and O–H groups in total. The van der Waals surface area contributed by atoms with Gasteiger partial charge in [-0.3, -0.25) is 18.6 Å². The molecule has 3 unspecified atom stereocenters. The average Bonchev–Trinajstić information content (AvgIpc) is 3.26. The Morgan fingerprint density at radius 2 is 0.839 bits per heavy atom. The Morgan fingerprint density at radius 1 is 0.484 bits per heavy atom. The van der Waals surface area contributed by atoms with Crippen molar-refractivity contribution in [1.29, 1.82) is 0 Å². The summed E-state index contributed by atoms with van der Waals surface area (Å²) in [6.07, 6.45) is 52.1. The molecule has 11 heteroatoms. The van der Waals surface area contributed by atoms with Crippen molar-refractivity contribution in [3.8, 4) is 0 Å². The summed E-state index contributed by atoms with van der Waals surface area (Å²) in [6.45, 7) is 2.36. The van der Waals surface area contributed by atoms with E-state index in [9.17, 15) is 24.2 Å². The number of phosphoric acid groups is 1.